The van der Waals surface area contributed by atoms with Crippen LogP contribution in [0.25, 0.3) is 16.8 Å². The lowest BCUT2D eigenvalue weighted by atomic mass is 10.1. The summed E-state index contributed by atoms with van der Waals surface area (Å²) >= 11 is 0. The van der Waals surface area contributed by atoms with Crippen molar-refractivity contribution in [3.8, 4) is 11.1 Å². The number of benzene rings is 1. The van der Waals surface area contributed by atoms with Gasteiger partial charge in [0, 0.05) is 48.8 Å². The maximum absolute atomic E-state index is 4.71. The number of fused-ring (bicyclic) bond motifs is 1. The number of hydrogen-bond acceptors (Lipinski definition) is 4. The third-order valence-electron chi connectivity index (χ3n) is 5.54. The van der Waals surface area contributed by atoms with Crippen molar-refractivity contribution in [1.29, 1.82) is 0 Å². The quantitative estimate of drug-likeness (QED) is 0.549. The first-order valence-electron chi connectivity index (χ1n) is 9.80. The molecule has 1 aliphatic heterocycles. The topological polar surface area (TPSA) is 51.2 Å². The smallest absolute Gasteiger partial charge is 0.162 e. The predicted octanol–water partition coefficient (Wildman–Crippen LogP) is 3.66. The molecule has 28 heavy (non-hydrogen) atoms. The van der Waals surface area contributed by atoms with Crippen LogP contribution in [0.5, 0.6) is 0 Å². The van der Waals surface area contributed by atoms with Gasteiger partial charge in [-0.15, -0.1) is 0 Å². The summed E-state index contributed by atoms with van der Waals surface area (Å²) < 4.78 is 4.09. The molecule has 142 valence electrons. The molecule has 1 aromatic carbocycles. The molecule has 6 nitrogen and oxygen atoms in total. The summed E-state index contributed by atoms with van der Waals surface area (Å²) in [6, 6.07) is 12.9. The first-order chi connectivity index (χ1) is 13.7. The van der Waals surface area contributed by atoms with Gasteiger partial charge < -0.3 is 0 Å². The summed E-state index contributed by atoms with van der Waals surface area (Å²) in [4.78, 5) is 7.19. The van der Waals surface area contributed by atoms with Gasteiger partial charge in [-0.3, -0.25) is 9.58 Å². The van der Waals surface area contributed by atoms with Crippen LogP contribution in [0, 0.1) is 13.8 Å². The number of aromatic nitrogens is 5. The van der Waals surface area contributed by atoms with Crippen molar-refractivity contribution < 1.29 is 0 Å². The summed E-state index contributed by atoms with van der Waals surface area (Å²) in [5.41, 5.74) is 6.64. The Hall–Kier alpha value is -2.99. The maximum atomic E-state index is 4.71. The zero-order valence-corrected chi connectivity index (χ0v) is 16.3. The summed E-state index contributed by atoms with van der Waals surface area (Å²) in [5, 5.41) is 9.20. The normalized spacial score (nSPS) is 17.6. The molecule has 0 spiro atoms. The summed E-state index contributed by atoms with van der Waals surface area (Å²) in [6.45, 7) is 7.19. The minimum absolute atomic E-state index is 0.458. The third kappa shape index (κ3) is 3.10. The molecule has 3 aromatic heterocycles. The molecular formula is C22H24N6. The second-order valence-electron chi connectivity index (χ2n) is 7.70. The number of rotatable bonds is 4. The van der Waals surface area contributed by atoms with Crippen LogP contribution in [0.2, 0.25) is 0 Å². The van der Waals surface area contributed by atoms with E-state index < -0.39 is 0 Å². The first-order valence-corrected chi connectivity index (χ1v) is 9.80. The molecule has 0 radical (unpaired) electrons. The minimum atomic E-state index is 0.458. The summed E-state index contributed by atoms with van der Waals surface area (Å²) in [6.07, 6.45) is 7.12. The van der Waals surface area contributed by atoms with Gasteiger partial charge in [0.25, 0.3) is 0 Å². The van der Waals surface area contributed by atoms with E-state index in [0.717, 1.165) is 48.5 Å². The second-order valence-corrected chi connectivity index (χ2v) is 7.70. The van der Waals surface area contributed by atoms with E-state index in [1.807, 2.05) is 35.1 Å². The molecule has 0 amide bonds. The fourth-order valence-electron chi connectivity index (χ4n) is 4.25. The van der Waals surface area contributed by atoms with E-state index in [0.29, 0.717) is 6.04 Å². The Balaban J connectivity index is 1.33. The Kier molecular flexibility index (Phi) is 4.20. The van der Waals surface area contributed by atoms with Crippen LogP contribution in [-0.4, -0.2) is 42.4 Å². The molecule has 6 heteroatoms. The van der Waals surface area contributed by atoms with E-state index in [1.165, 1.54) is 11.3 Å². The van der Waals surface area contributed by atoms with Gasteiger partial charge in [-0.25, -0.2) is 9.50 Å². The Morgan fingerprint density at radius 1 is 1.11 bits per heavy atom. The van der Waals surface area contributed by atoms with E-state index >= 15 is 0 Å². The van der Waals surface area contributed by atoms with E-state index in [4.69, 9.17) is 4.98 Å². The molecular weight excluding hydrogens is 348 g/mol. The van der Waals surface area contributed by atoms with Crippen LogP contribution < -0.4 is 0 Å². The van der Waals surface area contributed by atoms with Gasteiger partial charge >= 0.3 is 0 Å². The Morgan fingerprint density at radius 2 is 1.96 bits per heavy atom. The van der Waals surface area contributed by atoms with Crippen molar-refractivity contribution in [2.45, 2.75) is 32.9 Å². The molecule has 0 bridgehead atoms. The SMILES string of the molecule is Cc1cc(C)n(C2CCN(Cc3cnc4c(-c5ccccc5)cnn4c3)C2)n1. The monoisotopic (exact) mass is 372 g/mol. The fourth-order valence-corrected chi connectivity index (χ4v) is 4.25. The molecule has 0 saturated carbocycles. The van der Waals surface area contributed by atoms with Crippen molar-refractivity contribution in [3.05, 3.63) is 71.9 Å². The van der Waals surface area contributed by atoms with Gasteiger partial charge in [0.15, 0.2) is 5.65 Å². The Morgan fingerprint density at radius 3 is 2.75 bits per heavy atom. The standard InChI is InChI=1S/C22H24N6/c1-16-10-17(2)28(25-16)20-8-9-26(15-20)13-18-11-23-22-21(12-24-27(22)14-18)19-6-4-3-5-7-19/h3-7,10-12,14,20H,8-9,13,15H2,1-2H3. The Bertz CT molecular complexity index is 1110. The van der Waals surface area contributed by atoms with Crippen molar-refractivity contribution >= 4 is 5.65 Å². The van der Waals surface area contributed by atoms with Crippen molar-refractivity contribution in [3.63, 3.8) is 0 Å². The zero-order chi connectivity index (χ0) is 19.1. The summed E-state index contributed by atoms with van der Waals surface area (Å²) in [5.74, 6) is 0. The van der Waals surface area contributed by atoms with Crippen LogP contribution in [-0.2, 0) is 6.54 Å². The van der Waals surface area contributed by atoms with Crippen molar-refractivity contribution in [1.82, 2.24) is 29.3 Å². The number of aryl methyl sites for hydroxylation is 2. The molecule has 0 aliphatic carbocycles. The van der Waals surface area contributed by atoms with Crippen LogP contribution >= 0.6 is 0 Å². The highest BCUT2D eigenvalue weighted by molar-refractivity contribution is 5.76. The average molecular weight is 372 g/mol. The van der Waals surface area contributed by atoms with Gasteiger partial charge in [-0.1, -0.05) is 30.3 Å². The lowest BCUT2D eigenvalue weighted by molar-refractivity contribution is 0.309. The van der Waals surface area contributed by atoms with E-state index in [9.17, 15) is 0 Å². The number of likely N-dealkylation sites (tertiary alicyclic amines) is 1. The van der Waals surface area contributed by atoms with Gasteiger partial charge in [0.2, 0.25) is 0 Å². The highest BCUT2D eigenvalue weighted by Crippen LogP contribution is 2.26. The highest BCUT2D eigenvalue weighted by Gasteiger charge is 2.25. The summed E-state index contributed by atoms with van der Waals surface area (Å²) in [7, 11) is 0. The lowest BCUT2D eigenvalue weighted by Crippen LogP contribution is -2.22. The maximum Gasteiger partial charge on any atom is 0.162 e. The second kappa shape index (κ2) is 6.87. The average Bonchev–Trinajstić information content (AvgIpc) is 3.41. The first kappa shape index (κ1) is 17.1. The van der Waals surface area contributed by atoms with Crippen LogP contribution in [0.4, 0.5) is 0 Å². The molecule has 1 fully saturated rings. The van der Waals surface area contributed by atoms with Crippen molar-refractivity contribution in [2.24, 2.45) is 0 Å². The van der Waals surface area contributed by atoms with Gasteiger partial charge in [-0.2, -0.15) is 10.2 Å². The van der Waals surface area contributed by atoms with E-state index in [-0.39, 0.29) is 0 Å². The molecule has 1 unspecified atom stereocenters. The van der Waals surface area contributed by atoms with Gasteiger partial charge in [-0.05, 0) is 31.9 Å². The molecule has 4 heterocycles. The lowest BCUT2D eigenvalue weighted by Gasteiger charge is -2.17. The van der Waals surface area contributed by atoms with Crippen LogP contribution in [0.15, 0.2) is 55.0 Å². The molecule has 4 aromatic rings. The van der Waals surface area contributed by atoms with Crippen LogP contribution in [0.1, 0.15) is 29.4 Å². The van der Waals surface area contributed by atoms with Gasteiger partial charge in [0.1, 0.15) is 0 Å². The predicted molar refractivity (Wildman–Crippen MR) is 109 cm³/mol. The van der Waals surface area contributed by atoms with E-state index in [2.05, 4.69) is 58.0 Å². The highest BCUT2D eigenvalue weighted by atomic mass is 15.3. The number of nitrogens with zero attached hydrogens (tertiary/aromatic N) is 6. The molecule has 5 rings (SSSR count). The van der Waals surface area contributed by atoms with E-state index in [1.54, 1.807) is 0 Å². The molecule has 0 N–H and O–H groups in total. The van der Waals surface area contributed by atoms with Gasteiger partial charge in [0.05, 0.1) is 17.9 Å². The zero-order valence-electron chi connectivity index (χ0n) is 16.3. The molecule has 1 atom stereocenters. The van der Waals surface area contributed by atoms with Crippen molar-refractivity contribution in [2.75, 3.05) is 13.1 Å². The number of hydrogen-bond donors (Lipinski definition) is 0. The fraction of sp³-hybridized carbons (Fsp3) is 0.318. The minimum Gasteiger partial charge on any atom is -0.297 e. The van der Waals surface area contributed by atoms with Crippen LogP contribution in [0.3, 0.4) is 0 Å². The Labute approximate surface area is 164 Å². The molecule has 1 aliphatic rings. The molecule has 1 saturated heterocycles. The largest absolute Gasteiger partial charge is 0.297 e. The third-order valence-corrected chi connectivity index (χ3v) is 5.54.